The Morgan fingerprint density at radius 3 is 2.11 bits per heavy atom. The maximum atomic E-state index is 4.97. The highest BCUT2D eigenvalue weighted by Gasteiger charge is 2.35. The minimum atomic E-state index is 0.396. The van der Waals surface area contributed by atoms with Gasteiger partial charge in [-0.1, -0.05) is 69.7 Å². The van der Waals surface area contributed by atoms with Crippen molar-refractivity contribution in [1.82, 2.24) is 9.55 Å². The monoisotopic (exact) mass is 500 g/mol. The number of aromatic nitrogens is 3. The molecule has 0 unspecified atom stereocenters. The van der Waals surface area contributed by atoms with Crippen LogP contribution in [0.15, 0.2) is 60.7 Å². The summed E-state index contributed by atoms with van der Waals surface area (Å²) in [5, 5.41) is 0. The van der Waals surface area contributed by atoms with E-state index in [-0.39, 0.29) is 0 Å². The molecule has 3 aromatic carbocycles. The third-order valence-corrected chi connectivity index (χ3v) is 8.29. The summed E-state index contributed by atoms with van der Waals surface area (Å²) in [6.45, 7) is 15.9. The third kappa shape index (κ3) is 3.63. The van der Waals surface area contributed by atoms with Crippen molar-refractivity contribution in [3.05, 3.63) is 99.9 Å². The zero-order valence-electron chi connectivity index (χ0n) is 24.0. The minimum absolute atomic E-state index is 0.396. The van der Waals surface area contributed by atoms with Gasteiger partial charge in [-0.3, -0.25) is 4.98 Å². The van der Waals surface area contributed by atoms with Crippen LogP contribution in [-0.4, -0.2) is 9.55 Å². The lowest BCUT2D eigenvalue weighted by Gasteiger charge is -2.20. The van der Waals surface area contributed by atoms with E-state index in [0.717, 1.165) is 12.1 Å². The van der Waals surface area contributed by atoms with Gasteiger partial charge in [0, 0.05) is 34.4 Å². The molecule has 1 aliphatic carbocycles. The molecule has 5 aromatic rings. The Morgan fingerprint density at radius 2 is 1.45 bits per heavy atom. The first kappa shape index (κ1) is 24.6. The number of hydrogen-bond donors (Lipinski definition) is 0. The van der Waals surface area contributed by atoms with Gasteiger partial charge in [-0.15, -0.1) is 0 Å². The summed E-state index contributed by atoms with van der Waals surface area (Å²) in [6, 6.07) is 22.7. The molecular weight excluding hydrogens is 462 g/mol. The number of aryl methyl sites for hydroxylation is 4. The fourth-order valence-corrected chi connectivity index (χ4v) is 6.42. The van der Waals surface area contributed by atoms with E-state index in [2.05, 4.69) is 125 Å². The first-order valence-electron chi connectivity index (χ1n) is 13.9. The van der Waals surface area contributed by atoms with E-state index < -0.39 is 0 Å². The van der Waals surface area contributed by atoms with E-state index in [1.165, 1.54) is 72.7 Å². The summed E-state index contributed by atoms with van der Waals surface area (Å²) in [5.74, 6) is 2.03. The normalized spacial score (nSPS) is 12.6. The molecule has 0 spiro atoms. The number of benzene rings is 3. The van der Waals surface area contributed by atoms with Crippen LogP contribution in [0.2, 0.25) is 0 Å². The van der Waals surface area contributed by atoms with Gasteiger partial charge in [0.15, 0.2) is 11.0 Å². The van der Waals surface area contributed by atoms with Gasteiger partial charge in [-0.05, 0) is 68.0 Å². The fourth-order valence-electron chi connectivity index (χ4n) is 6.42. The van der Waals surface area contributed by atoms with Crippen molar-refractivity contribution in [2.45, 2.75) is 66.7 Å². The molecule has 0 saturated heterocycles. The number of hydrogen-bond acceptors (Lipinski definition) is 1. The van der Waals surface area contributed by atoms with Crippen LogP contribution in [0.25, 0.3) is 39.2 Å². The van der Waals surface area contributed by atoms with Crippen molar-refractivity contribution in [2.24, 2.45) is 7.05 Å². The molecule has 0 saturated carbocycles. The quantitative estimate of drug-likeness (QED) is 0.223. The third-order valence-electron chi connectivity index (χ3n) is 8.29. The average Bonchev–Trinajstić information content (AvgIpc) is 3.38. The Balaban J connectivity index is 1.83. The number of rotatable bonds is 4. The molecule has 2 heterocycles. The zero-order valence-corrected chi connectivity index (χ0v) is 24.0. The van der Waals surface area contributed by atoms with Gasteiger partial charge >= 0.3 is 0 Å². The Hall–Kier alpha value is -3.72. The maximum absolute atomic E-state index is 4.97. The van der Waals surface area contributed by atoms with Crippen LogP contribution < -0.4 is 4.57 Å². The highest BCUT2D eigenvalue weighted by Crippen LogP contribution is 2.42. The van der Waals surface area contributed by atoms with E-state index in [4.69, 9.17) is 4.98 Å². The second-order valence-corrected chi connectivity index (χ2v) is 11.7. The van der Waals surface area contributed by atoms with Gasteiger partial charge in [-0.2, -0.15) is 4.57 Å². The van der Waals surface area contributed by atoms with Crippen LogP contribution in [0.1, 0.15) is 78.7 Å². The predicted octanol–water partition coefficient (Wildman–Crippen LogP) is 8.26. The van der Waals surface area contributed by atoms with Crippen LogP contribution in [0.4, 0.5) is 0 Å². The molecule has 1 aliphatic rings. The first-order valence-corrected chi connectivity index (χ1v) is 13.9. The topological polar surface area (TPSA) is 21.7 Å². The lowest BCUT2D eigenvalue weighted by molar-refractivity contribution is -0.557. The molecule has 6 rings (SSSR count). The predicted molar refractivity (Wildman–Crippen MR) is 158 cm³/mol. The van der Waals surface area contributed by atoms with Crippen LogP contribution >= 0.6 is 0 Å². The van der Waals surface area contributed by atoms with Crippen molar-refractivity contribution in [3.63, 3.8) is 0 Å². The van der Waals surface area contributed by atoms with Gasteiger partial charge in [0.2, 0.25) is 0 Å². The van der Waals surface area contributed by atoms with E-state index in [1.807, 2.05) is 0 Å². The van der Waals surface area contributed by atoms with Crippen molar-refractivity contribution in [1.29, 1.82) is 0 Å². The summed E-state index contributed by atoms with van der Waals surface area (Å²) >= 11 is 0. The van der Waals surface area contributed by atoms with Crippen LogP contribution in [0.5, 0.6) is 0 Å². The number of imidazole rings is 1. The summed E-state index contributed by atoms with van der Waals surface area (Å²) in [4.78, 5) is 4.97. The molecule has 0 radical (unpaired) electrons. The molecule has 3 nitrogen and oxygen atoms in total. The molecule has 0 aliphatic heterocycles. The second-order valence-electron chi connectivity index (χ2n) is 11.7. The SMILES string of the molecule is Cc1cc(C(C)C)c(-[n+]2c(-c3ccccc3C)n(C)c3ccc4c(c32)Cc2nc(C)ccc2-4)c(C(C)C)c1. The fraction of sp³-hybridized carbons (Fsp3) is 0.314. The molecule has 0 bridgehead atoms. The Bertz CT molecular complexity index is 1700. The smallest absolute Gasteiger partial charge is 0.257 e. The highest BCUT2D eigenvalue weighted by molar-refractivity contribution is 5.91. The van der Waals surface area contributed by atoms with Gasteiger partial charge in [-0.25, -0.2) is 4.57 Å². The lowest BCUT2D eigenvalue weighted by Crippen LogP contribution is -2.37. The van der Waals surface area contributed by atoms with Crippen LogP contribution in [0, 0.1) is 20.8 Å². The lowest BCUT2D eigenvalue weighted by atomic mass is 9.90. The molecule has 0 amide bonds. The Morgan fingerprint density at radius 1 is 0.789 bits per heavy atom. The Labute approximate surface area is 226 Å². The van der Waals surface area contributed by atoms with E-state index in [1.54, 1.807) is 0 Å². The molecule has 192 valence electrons. The van der Waals surface area contributed by atoms with Gasteiger partial charge in [0.1, 0.15) is 5.69 Å². The molecule has 0 atom stereocenters. The van der Waals surface area contributed by atoms with E-state index in [0.29, 0.717) is 11.8 Å². The standard InChI is InChI=1S/C35H38N3/c1-20(2)28-17-22(5)18-29(21(3)4)33(28)38-34-30-19-31-27(14-13-24(7)36-31)26(30)15-16-32(34)37(8)35(38)25-12-10-9-11-23(25)6/h9-18,20-21H,19H2,1-8H3/q+1. The average molecular weight is 501 g/mol. The molecule has 3 heteroatoms. The largest absolute Gasteiger partial charge is 0.295 e. The number of pyridine rings is 1. The van der Waals surface area contributed by atoms with Crippen LogP contribution in [0.3, 0.4) is 0 Å². The molecule has 0 N–H and O–H groups in total. The summed E-state index contributed by atoms with van der Waals surface area (Å²) in [6.07, 6.45) is 0.862. The van der Waals surface area contributed by atoms with Gasteiger partial charge in [0.05, 0.1) is 18.3 Å². The second kappa shape index (κ2) is 8.94. The molecular formula is C35H38N3+. The van der Waals surface area contributed by atoms with Crippen LogP contribution in [-0.2, 0) is 13.5 Å². The minimum Gasteiger partial charge on any atom is -0.257 e. The van der Waals surface area contributed by atoms with E-state index in [9.17, 15) is 0 Å². The zero-order chi connectivity index (χ0) is 26.9. The number of nitrogens with zero attached hydrogens (tertiary/aromatic N) is 3. The van der Waals surface area contributed by atoms with Gasteiger partial charge < -0.3 is 0 Å². The van der Waals surface area contributed by atoms with Crippen molar-refractivity contribution in [3.8, 4) is 28.2 Å². The molecule has 2 aromatic heterocycles. The molecule has 38 heavy (non-hydrogen) atoms. The van der Waals surface area contributed by atoms with Crippen molar-refractivity contribution < 1.29 is 4.57 Å². The number of fused-ring (bicyclic) bond motifs is 5. The van der Waals surface area contributed by atoms with Crippen molar-refractivity contribution in [2.75, 3.05) is 0 Å². The maximum Gasteiger partial charge on any atom is 0.295 e. The van der Waals surface area contributed by atoms with E-state index >= 15 is 0 Å². The summed E-state index contributed by atoms with van der Waals surface area (Å²) in [5.41, 5.74) is 16.9. The highest BCUT2D eigenvalue weighted by atomic mass is 15.2. The molecule has 0 fully saturated rings. The van der Waals surface area contributed by atoms with Crippen molar-refractivity contribution >= 4 is 11.0 Å². The summed E-state index contributed by atoms with van der Waals surface area (Å²) < 4.78 is 5.02. The Kier molecular flexibility index (Phi) is 5.79. The first-order chi connectivity index (χ1) is 18.2. The van der Waals surface area contributed by atoms with Gasteiger partial charge in [0.25, 0.3) is 5.82 Å². The summed E-state index contributed by atoms with van der Waals surface area (Å²) in [7, 11) is 2.23.